The molecule has 1 aliphatic carbocycles. The summed E-state index contributed by atoms with van der Waals surface area (Å²) in [4.78, 5) is 0. The van der Waals surface area contributed by atoms with Crippen LogP contribution in [0, 0.1) is 0 Å². The van der Waals surface area contributed by atoms with E-state index in [-0.39, 0.29) is 5.41 Å². The maximum atomic E-state index is 6.63. The van der Waals surface area contributed by atoms with Gasteiger partial charge in [0.05, 0.1) is 11.0 Å². The van der Waals surface area contributed by atoms with Crippen molar-refractivity contribution < 1.29 is 13.3 Å². The van der Waals surface area contributed by atoms with Crippen molar-refractivity contribution >= 4 is 87.6 Å². The fraction of sp³-hybridized carbons (Fsp3) is 0.0526. The number of rotatable bonds is 3. The van der Waals surface area contributed by atoms with E-state index < -0.39 is 0 Å². The lowest BCUT2D eigenvalue weighted by molar-refractivity contribution is 0.653. The molecule has 0 fully saturated rings. The quantitative estimate of drug-likeness (QED) is 0.179. The van der Waals surface area contributed by atoms with Gasteiger partial charge in [-0.15, -0.1) is 0 Å². The third-order valence-corrected chi connectivity index (χ3v) is 13.6. The van der Waals surface area contributed by atoms with E-state index >= 15 is 0 Å². The van der Waals surface area contributed by atoms with Crippen LogP contribution in [0.4, 0.5) is 0 Å². The number of nitrogens with zero attached hydrogens (tertiary/aromatic N) is 1. The Labute approximate surface area is 349 Å². The Hall–Kier alpha value is -7.82. The molecule has 0 radical (unpaired) electrons. The number of furan rings is 3. The molecule has 0 aliphatic heterocycles. The van der Waals surface area contributed by atoms with Gasteiger partial charge >= 0.3 is 0 Å². The molecule has 0 amide bonds. The summed E-state index contributed by atoms with van der Waals surface area (Å²) in [5.41, 5.74) is 18.1. The van der Waals surface area contributed by atoms with Gasteiger partial charge in [0.25, 0.3) is 0 Å². The topological polar surface area (TPSA) is 44.4 Å². The molecule has 0 saturated carbocycles. The number of fused-ring (bicyclic) bond motifs is 16. The lowest BCUT2D eigenvalue weighted by Gasteiger charge is -2.22. The number of aromatic nitrogens is 1. The molecule has 61 heavy (non-hydrogen) atoms. The molecule has 286 valence electrons. The second-order valence-electron chi connectivity index (χ2n) is 17.2. The van der Waals surface area contributed by atoms with Crippen molar-refractivity contribution in [3.63, 3.8) is 0 Å². The largest absolute Gasteiger partial charge is 0.455 e. The van der Waals surface area contributed by atoms with E-state index in [0.29, 0.717) is 0 Å². The Morgan fingerprint density at radius 1 is 0.361 bits per heavy atom. The maximum Gasteiger partial charge on any atom is 0.143 e. The summed E-state index contributed by atoms with van der Waals surface area (Å²) in [5.74, 6) is 0. The van der Waals surface area contributed by atoms with E-state index in [1.165, 1.54) is 33.0 Å². The smallest absolute Gasteiger partial charge is 0.143 e. The molecule has 0 N–H and O–H groups in total. The summed E-state index contributed by atoms with van der Waals surface area (Å²) in [6, 6.07) is 63.3. The number of para-hydroxylation sites is 5. The molecule has 0 bridgehead atoms. The SMILES string of the molecule is CC1(C)c2cc(-n3c4ccc(-c5cccc6c5oc5ccccc56)cc4c4cc(-c5cccc6c5oc5ccccc56)ccc43)ccc2-c2c1ccc1c2oc2ccccc21. The molecule has 4 nitrogen and oxygen atoms in total. The number of benzene rings is 9. The highest BCUT2D eigenvalue weighted by Crippen LogP contribution is 2.53. The predicted octanol–water partition coefficient (Wildman–Crippen LogP) is 16.1. The molecule has 4 heterocycles. The fourth-order valence-corrected chi connectivity index (χ4v) is 10.7. The summed E-state index contributed by atoms with van der Waals surface area (Å²) in [5, 5.41) is 9.16. The highest BCUT2D eigenvalue weighted by Gasteiger charge is 2.38. The van der Waals surface area contributed by atoms with E-state index in [1.807, 2.05) is 18.2 Å². The third kappa shape index (κ3) is 4.38. The molecule has 14 rings (SSSR count). The minimum absolute atomic E-state index is 0.233. The molecule has 0 atom stereocenters. The fourth-order valence-electron chi connectivity index (χ4n) is 10.7. The molecule has 0 unspecified atom stereocenters. The second kappa shape index (κ2) is 11.7. The standard InChI is InChI=1S/C57H35NO3/c1-57(2)46-26-25-42-39-13-5-8-20-52(39)61-56(42)53(46)43-24-23-34(31-47(43)57)58-48-27-21-32(35-14-9-16-40-37-11-3-6-18-50(37)59-54(35)40)29-44(48)45-30-33(22-28-49(45)58)36-15-10-17-41-38-12-4-7-19-51(38)60-55(36)41/h3-31H,1-2H3. The minimum Gasteiger partial charge on any atom is -0.455 e. The van der Waals surface area contributed by atoms with Gasteiger partial charge in [-0.1, -0.05) is 135 Å². The van der Waals surface area contributed by atoms with Crippen molar-refractivity contribution in [2.75, 3.05) is 0 Å². The average Bonchev–Trinajstić information content (AvgIpc) is 4.10. The van der Waals surface area contributed by atoms with Gasteiger partial charge in [-0.05, 0) is 82.4 Å². The van der Waals surface area contributed by atoms with Crippen molar-refractivity contribution in [1.82, 2.24) is 4.57 Å². The Bertz CT molecular complexity index is 3860. The van der Waals surface area contributed by atoms with Gasteiger partial charge in [0.1, 0.15) is 33.5 Å². The van der Waals surface area contributed by atoms with Crippen LogP contribution in [-0.4, -0.2) is 4.57 Å². The monoisotopic (exact) mass is 781 g/mol. The van der Waals surface area contributed by atoms with Crippen LogP contribution in [0.25, 0.3) is 127 Å². The van der Waals surface area contributed by atoms with E-state index in [0.717, 1.165) is 105 Å². The Morgan fingerprint density at radius 2 is 0.852 bits per heavy atom. The van der Waals surface area contributed by atoms with Gasteiger partial charge in [-0.25, -0.2) is 0 Å². The van der Waals surface area contributed by atoms with Crippen LogP contribution < -0.4 is 0 Å². The van der Waals surface area contributed by atoms with E-state index in [4.69, 9.17) is 13.3 Å². The minimum atomic E-state index is -0.233. The zero-order chi connectivity index (χ0) is 40.1. The van der Waals surface area contributed by atoms with Crippen LogP contribution in [0.15, 0.2) is 189 Å². The Morgan fingerprint density at radius 3 is 1.41 bits per heavy atom. The molecular formula is C57H35NO3. The predicted molar refractivity (Wildman–Crippen MR) is 251 cm³/mol. The molecule has 1 aliphatic rings. The van der Waals surface area contributed by atoms with Gasteiger partial charge < -0.3 is 17.8 Å². The van der Waals surface area contributed by atoms with Gasteiger partial charge in [0, 0.05) is 70.9 Å². The molecule has 9 aromatic carbocycles. The van der Waals surface area contributed by atoms with Crippen molar-refractivity contribution in [3.05, 3.63) is 187 Å². The summed E-state index contributed by atoms with van der Waals surface area (Å²) in [7, 11) is 0. The second-order valence-corrected chi connectivity index (χ2v) is 17.2. The van der Waals surface area contributed by atoms with Crippen LogP contribution >= 0.6 is 0 Å². The van der Waals surface area contributed by atoms with E-state index in [2.05, 4.69) is 176 Å². The van der Waals surface area contributed by atoms with Crippen LogP contribution in [0.1, 0.15) is 25.0 Å². The summed E-state index contributed by atoms with van der Waals surface area (Å²) < 4.78 is 22.2. The first-order valence-electron chi connectivity index (χ1n) is 21.0. The Balaban J connectivity index is 1.01. The van der Waals surface area contributed by atoms with Crippen LogP contribution in [0.3, 0.4) is 0 Å². The van der Waals surface area contributed by atoms with Crippen molar-refractivity contribution in [2.45, 2.75) is 19.3 Å². The van der Waals surface area contributed by atoms with Gasteiger partial charge in [0.2, 0.25) is 0 Å². The van der Waals surface area contributed by atoms with Crippen LogP contribution in [0.2, 0.25) is 0 Å². The first-order valence-corrected chi connectivity index (χ1v) is 21.0. The highest BCUT2D eigenvalue weighted by atomic mass is 16.3. The van der Waals surface area contributed by atoms with E-state index in [1.54, 1.807) is 0 Å². The van der Waals surface area contributed by atoms with Gasteiger partial charge in [0.15, 0.2) is 0 Å². The first-order chi connectivity index (χ1) is 30.0. The summed E-state index contributed by atoms with van der Waals surface area (Å²) >= 11 is 0. The molecule has 13 aromatic rings. The molecule has 0 spiro atoms. The normalized spacial score (nSPS) is 13.5. The molecule has 0 saturated heterocycles. The lowest BCUT2D eigenvalue weighted by atomic mass is 9.82. The van der Waals surface area contributed by atoms with Crippen LogP contribution in [0.5, 0.6) is 0 Å². The van der Waals surface area contributed by atoms with Crippen LogP contribution in [-0.2, 0) is 5.41 Å². The van der Waals surface area contributed by atoms with Gasteiger partial charge in [-0.2, -0.15) is 0 Å². The number of hydrogen-bond donors (Lipinski definition) is 0. The zero-order valence-electron chi connectivity index (χ0n) is 33.4. The molecular weight excluding hydrogens is 747 g/mol. The third-order valence-electron chi connectivity index (χ3n) is 13.6. The van der Waals surface area contributed by atoms with Crippen molar-refractivity contribution in [1.29, 1.82) is 0 Å². The van der Waals surface area contributed by atoms with E-state index in [9.17, 15) is 0 Å². The summed E-state index contributed by atoms with van der Waals surface area (Å²) in [6.07, 6.45) is 0. The summed E-state index contributed by atoms with van der Waals surface area (Å²) in [6.45, 7) is 4.69. The number of hydrogen-bond acceptors (Lipinski definition) is 3. The zero-order valence-corrected chi connectivity index (χ0v) is 33.4. The molecule has 4 aromatic heterocycles. The van der Waals surface area contributed by atoms with Crippen molar-refractivity contribution in [3.8, 4) is 39.1 Å². The average molecular weight is 782 g/mol. The highest BCUT2D eigenvalue weighted by molar-refractivity contribution is 6.16. The lowest BCUT2D eigenvalue weighted by Crippen LogP contribution is -2.15. The van der Waals surface area contributed by atoms with Crippen molar-refractivity contribution in [2.24, 2.45) is 0 Å². The first kappa shape index (κ1) is 33.1. The Kier molecular flexibility index (Phi) is 6.33. The van der Waals surface area contributed by atoms with Gasteiger partial charge in [-0.3, -0.25) is 0 Å². The maximum absolute atomic E-state index is 6.63. The molecule has 4 heteroatoms.